The molecule has 0 spiro atoms. The molecule has 1 saturated heterocycles. The van der Waals surface area contributed by atoms with Crippen LogP contribution in [-0.2, 0) is 11.3 Å². The van der Waals surface area contributed by atoms with Crippen LogP contribution in [-0.4, -0.2) is 52.0 Å². The van der Waals surface area contributed by atoms with Crippen LogP contribution in [0.4, 0.5) is 0 Å². The number of aromatic nitrogens is 2. The van der Waals surface area contributed by atoms with Crippen LogP contribution in [0.3, 0.4) is 0 Å². The number of carbonyl (C=O) groups excluding carboxylic acids is 1. The second-order valence-electron chi connectivity index (χ2n) is 5.86. The first-order valence-corrected chi connectivity index (χ1v) is 9.10. The highest BCUT2D eigenvalue weighted by Crippen LogP contribution is 2.22. The zero-order valence-corrected chi connectivity index (χ0v) is 14.9. The molecule has 0 atom stereocenters. The summed E-state index contributed by atoms with van der Waals surface area (Å²) in [5.41, 5.74) is 0.838. The summed E-state index contributed by atoms with van der Waals surface area (Å²) < 4.78 is 5.32. The van der Waals surface area contributed by atoms with E-state index in [0.717, 1.165) is 43.1 Å². The van der Waals surface area contributed by atoms with Crippen LogP contribution >= 0.6 is 11.3 Å². The number of nitrogens with zero attached hydrogens (tertiary/aromatic N) is 4. The first-order chi connectivity index (χ1) is 11.7. The molecule has 0 aromatic carbocycles. The van der Waals surface area contributed by atoms with Crippen LogP contribution in [0.5, 0.6) is 0 Å². The lowest BCUT2D eigenvalue weighted by Gasteiger charge is -2.34. The van der Waals surface area contributed by atoms with Crippen LogP contribution in [0, 0.1) is 0 Å². The highest BCUT2D eigenvalue weighted by Gasteiger charge is 2.23. The highest BCUT2D eigenvalue weighted by molar-refractivity contribution is 7.13. The van der Waals surface area contributed by atoms with Crippen molar-refractivity contribution in [3.05, 3.63) is 35.0 Å². The van der Waals surface area contributed by atoms with E-state index in [2.05, 4.69) is 15.0 Å². The fourth-order valence-corrected chi connectivity index (χ4v) is 3.42. The second kappa shape index (κ2) is 7.72. The Morgan fingerprint density at radius 3 is 2.83 bits per heavy atom. The maximum atomic E-state index is 12.3. The van der Waals surface area contributed by atoms with Gasteiger partial charge in [0.05, 0.1) is 11.4 Å². The Kier molecular flexibility index (Phi) is 5.42. The van der Waals surface area contributed by atoms with Crippen molar-refractivity contribution in [3.8, 4) is 10.8 Å². The summed E-state index contributed by atoms with van der Waals surface area (Å²) in [4.78, 5) is 21.9. The van der Waals surface area contributed by atoms with Gasteiger partial charge in [0.1, 0.15) is 0 Å². The number of thiophene rings is 1. The summed E-state index contributed by atoms with van der Waals surface area (Å²) in [6.07, 6.45) is 2.88. The largest absolute Gasteiger partial charge is 0.336 e. The van der Waals surface area contributed by atoms with Gasteiger partial charge in [0, 0.05) is 31.8 Å². The number of piperazine rings is 1. The molecule has 128 valence electrons. The van der Waals surface area contributed by atoms with Gasteiger partial charge in [0.15, 0.2) is 5.82 Å². The fourth-order valence-electron chi connectivity index (χ4n) is 2.77. The van der Waals surface area contributed by atoms with E-state index in [1.165, 1.54) is 0 Å². The molecule has 0 unspecified atom stereocenters. The maximum Gasteiger partial charge on any atom is 0.268 e. The van der Waals surface area contributed by atoms with Crippen LogP contribution in [0.2, 0.25) is 0 Å². The first-order valence-electron chi connectivity index (χ1n) is 8.22. The Balaban J connectivity index is 1.52. The van der Waals surface area contributed by atoms with E-state index in [1.807, 2.05) is 42.3 Å². The quantitative estimate of drug-likeness (QED) is 0.779. The van der Waals surface area contributed by atoms with Gasteiger partial charge in [0.2, 0.25) is 5.91 Å². The average Bonchev–Trinajstić information content (AvgIpc) is 3.26. The average molecular weight is 346 g/mol. The molecule has 0 radical (unpaired) electrons. The molecular formula is C17H22N4O2S. The van der Waals surface area contributed by atoms with E-state index in [4.69, 9.17) is 4.52 Å². The van der Waals surface area contributed by atoms with Gasteiger partial charge in [-0.2, -0.15) is 4.98 Å². The predicted molar refractivity (Wildman–Crippen MR) is 93.5 cm³/mol. The molecule has 0 bridgehead atoms. The Hall–Kier alpha value is -1.99. The summed E-state index contributed by atoms with van der Waals surface area (Å²) in [7, 11) is 0. The summed E-state index contributed by atoms with van der Waals surface area (Å²) in [6.45, 7) is 7.73. The molecule has 3 heterocycles. The van der Waals surface area contributed by atoms with Gasteiger partial charge in [0.25, 0.3) is 5.89 Å². The minimum atomic E-state index is 0.149. The van der Waals surface area contributed by atoms with E-state index in [0.29, 0.717) is 18.3 Å². The van der Waals surface area contributed by atoms with Gasteiger partial charge in [-0.3, -0.25) is 9.69 Å². The standard InChI is InChI=1S/C17H22N4O2S/c1-3-5-13(2)17(22)21-9-7-20(8-10-21)12-15-18-16(23-19-15)14-6-4-11-24-14/h4-6,11H,3,7-10,12H2,1-2H3/b13-5-. The minimum absolute atomic E-state index is 0.149. The van der Waals surface area contributed by atoms with Crippen molar-refractivity contribution in [1.82, 2.24) is 19.9 Å². The molecule has 1 fully saturated rings. The van der Waals surface area contributed by atoms with Gasteiger partial charge in [-0.05, 0) is 24.8 Å². The number of amides is 1. The van der Waals surface area contributed by atoms with Crippen molar-refractivity contribution < 1.29 is 9.32 Å². The van der Waals surface area contributed by atoms with Crippen LogP contribution in [0.1, 0.15) is 26.1 Å². The van der Waals surface area contributed by atoms with Crippen LogP contribution in [0.25, 0.3) is 10.8 Å². The number of carbonyl (C=O) groups is 1. The van der Waals surface area contributed by atoms with Crippen molar-refractivity contribution in [2.45, 2.75) is 26.8 Å². The van der Waals surface area contributed by atoms with Gasteiger partial charge in [-0.25, -0.2) is 0 Å². The molecule has 1 amide bonds. The topological polar surface area (TPSA) is 62.5 Å². The Morgan fingerprint density at radius 1 is 1.38 bits per heavy atom. The van der Waals surface area contributed by atoms with Gasteiger partial charge in [-0.1, -0.05) is 24.2 Å². The predicted octanol–water partition coefficient (Wildman–Crippen LogP) is 2.80. The van der Waals surface area contributed by atoms with Crippen molar-refractivity contribution in [2.24, 2.45) is 0 Å². The molecule has 0 N–H and O–H groups in total. The lowest BCUT2D eigenvalue weighted by atomic mass is 10.2. The van der Waals surface area contributed by atoms with E-state index in [-0.39, 0.29) is 5.91 Å². The molecular weight excluding hydrogens is 324 g/mol. The van der Waals surface area contributed by atoms with E-state index in [9.17, 15) is 4.79 Å². The third-order valence-electron chi connectivity index (χ3n) is 4.07. The Bertz CT molecular complexity index is 700. The monoisotopic (exact) mass is 346 g/mol. The van der Waals surface area contributed by atoms with Crippen molar-refractivity contribution in [3.63, 3.8) is 0 Å². The fraction of sp³-hybridized carbons (Fsp3) is 0.471. The second-order valence-corrected chi connectivity index (χ2v) is 6.80. The van der Waals surface area contributed by atoms with Gasteiger partial charge in [-0.15, -0.1) is 11.3 Å². The highest BCUT2D eigenvalue weighted by atomic mass is 32.1. The van der Waals surface area contributed by atoms with Crippen LogP contribution in [0.15, 0.2) is 33.7 Å². The molecule has 0 aliphatic carbocycles. The normalized spacial score (nSPS) is 16.6. The number of hydrogen-bond acceptors (Lipinski definition) is 6. The smallest absolute Gasteiger partial charge is 0.268 e. The van der Waals surface area contributed by atoms with Crippen molar-refractivity contribution in [1.29, 1.82) is 0 Å². The van der Waals surface area contributed by atoms with E-state index in [1.54, 1.807) is 11.3 Å². The summed E-state index contributed by atoms with van der Waals surface area (Å²) in [5, 5.41) is 6.05. The summed E-state index contributed by atoms with van der Waals surface area (Å²) in [6, 6.07) is 3.94. The molecule has 0 saturated carbocycles. The zero-order valence-electron chi connectivity index (χ0n) is 14.1. The van der Waals surface area contributed by atoms with Crippen molar-refractivity contribution >= 4 is 17.2 Å². The number of rotatable bonds is 5. The van der Waals surface area contributed by atoms with Gasteiger partial charge < -0.3 is 9.42 Å². The first kappa shape index (κ1) is 16.9. The SMILES string of the molecule is CC/C=C(/C)C(=O)N1CCN(Cc2noc(-c3cccs3)n2)CC1. The lowest BCUT2D eigenvalue weighted by molar-refractivity contribution is -0.128. The molecule has 1 aliphatic rings. The molecule has 7 heteroatoms. The Morgan fingerprint density at radius 2 is 2.17 bits per heavy atom. The number of allylic oxidation sites excluding steroid dienone is 1. The number of hydrogen-bond donors (Lipinski definition) is 0. The molecule has 2 aromatic heterocycles. The van der Waals surface area contributed by atoms with Gasteiger partial charge >= 0.3 is 0 Å². The summed E-state index contributed by atoms with van der Waals surface area (Å²) >= 11 is 1.59. The van der Waals surface area contributed by atoms with E-state index >= 15 is 0 Å². The zero-order chi connectivity index (χ0) is 16.9. The Labute approximate surface area is 145 Å². The molecule has 2 aromatic rings. The van der Waals surface area contributed by atoms with E-state index < -0.39 is 0 Å². The molecule has 1 aliphatic heterocycles. The van der Waals surface area contributed by atoms with Crippen LogP contribution < -0.4 is 0 Å². The third kappa shape index (κ3) is 3.91. The lowest BCUT2D eigenvalue weighted by Crippen LogP contribution is -2.48. The third-order valence-corrected chi connectivity index (χ3v) is 4.93. The van der Waals surface area contributed by atoms with Crippen molar-refractivity contribution in [2.75, 3.05) is 26.2 Å². The minimum Gasteiger partial charge on any atom is -0.336 e. The molecule has 24 heavy (non-hydrogen) atoms. The maximum absolute atomic E-state index is 12.3. The molecule has 3 rings (SSSR count). The molecule has 6 nitrogen and oxygen atoms in total. The summed E-state index contributed by atoms with van der Waals surface area (Å²) in [5.74, 6) is 1.42.